The molecule has 0 heterocycles. The molecule has 2 rings (SSSR count). The molecule has 0 aliphatic heterocycles. The summed E-state index contributed by atoms with van der Waals surface area (Å²) in [6.07, 6.45) is 9.69. The summed E-state index contributed by atoms with van der Waals surface area (Å²) < 4.78 is 11.0. The molecule has 0 atom stereocenters. The third-order valence-electron chi connectivity index (χ3n) is 5.01. The second-order valence-electron chi connectivity index (χ2n) is 8.08. The Hall–Kier alpha value is -3.60. The van der Waals surface area contributed by atoms with E-state index in [-0.39, 0.29) is 22.8 Å². The Kier molecular flexibility index (Phi) is 9.67. The van der Waals surface area contributed by atoms with Crippen molar-refractivity contribution in [2.45, 2.75) is 47.0 Å². The topological polar surface area (TPSA) is 72.8 Å². The number of esters is 1. The fraction of sp³-hybridized carbons (Fsp3) is 0.286. The molecule has 0 fully saturated rings. The van der Waals surface area contributed by atoms with Gasteiger partial charge in [0.15, 0.2) is 5.78 Å². The first-order valence-electron chi connectivity index (χ1n) is 10.9. The van der Waals surface area contributed by atoms with Crippen LogP contribution in [0.3, 0.4) is 0 Å². The van der Waals surface area contributed by atoms with Crippen LogP contribution in [0.25, 0.3) is 6.08 Å². The molecule has 0 radical (unpaired) electrons. The highest BCUT2D eigenvalue weighted by molar-refractivity contribution is 6.09. The average Bonchev–Trinajstić information content (AvgIpc) is 2.76. The number of aromatic hydroxyl groups is 1. The van der Waals surface area contributed by atoms with Gasteiger partial charge < -0.3 is 14.6 Å². The van der Waals surface area contributed by atoms with E-state index in [0.29, 0.717) is 17.7 Å². The Labute approximate surface area is 196 Å². The number of benzene rings is 2. The average molecular weight is 449 g/mol. The zero-order valence-corrected chi connectivity index (χ0v) is 20.0. The van der Waals surface area contributed by atoms with Crippen molar-refractivity contribution < 1.29 is 24.2 Å². The van der Waals surface area contributed by atoms with Crippen LogP contribution in [0.15, 0.2) is 65.8 Å². The fourth-order valence-corrected chi connectivity index (χ4v) is 3.26. The van der Waals surface area contributed by atoms with E-state index >= 15 is 0 Å². The molecule has 0 saturated heterocycles. The summed E-state index contributed by atoms with van der Waals surface area (Å²) in [7, 11) is 1.55. The van der Waals surface area contributed by atoms with E-state index in [1.54, 1.807) is 49.6 Å². The van der Waals surface area contributed by atoms with Gasteiger partial charge in [0.1, 0.15) is 17.2 Å². The first kappa shape index (κ1) is 25.7. The van der Waals surface area contributed by atoms with Crippen LogP contribution in [0.4, 0.5) is 0 Å². The standard InChI is InChI=1S/C28H32O5/c1-19(2)7-6-8-20(3)9-15-25-27(32-5)18-16-24(28(25)33-21(4)29)26(31)17-12-22-10-13-23(30)14-11-22/h7,9-14,16-18,30H,6,8,15H2,1-5H3. The van der Waals surface area contributed by atoms with Gasteiger partial charge in [-0.25, -0.2) is 0 Å². The number of phenols is 1. The maximum atomic E-state index is 13.0. The molecule has 0 aliphatic rings. The normalized spacial score (nSPS) is 11.4. The van der Waals surface area contributed by atoms with Gasteiger partial charge in [-0.3, -0.25) is 9.59 Å². The van der Waals surface area contributed by atoms with Gasteiger partial charge >= 0.3 is 5.97 Å². The quantitative estimate of drug-likeness (QED) is 0.148. The molecule has 2 aromatic rings. The number of ketones is 1. The van der Waals surface area contributed by atoms with Crippen molar-refractivity contribution in [2.75, 3.05) is 7.11 Å². The van der Waals surface area contributed by atoms with Crippen molar-refractivity contribution in [1.82, 2.24) is 0 Å². The van der Waals surface area contributed by atoms with Gasteiger partial charge in [0.2, 0.25) is 0 Å². The number of allylic oxidation sites excluding steroid dienone is 5. The number of phenolic OH excluding ortho intramolecular Hbond substituents is 1. The number of carbonyl (C=O) groups is 2. The first-order chi connectivity index (χ1) is 15.7. The zero-order chi connectivity index (χ0) is 24.4. The van der Waals surface area contributed by atoms with Crippen molar-refractivity contribution in [3.63, 3.8) is 0 Å². The Morgan fingerprint density at radius 1 is 0.970 bits per heavy atom. The van der Waals surface area contributed by atoms with E-state index < -0.39 is 5.97 Å². The van der Waals surface area contributed by atoms with Crippen molar-refractivity contribution in [1.29, 1.82) is 0 Å². The SMILES string of the molecule is COc1ccc(C(=O)C=Cc2ccc(O)cc2)c(OC(C)=O)c1CC=C(C)CCC=C(C)C. The molecule has 0 aliphatic carbocycles. The van der Waals surface area contributed by atoms with Gasteiger partial charge in [0.25, 0.3) is 0 Å². The van der Waals surface area contributed by atoms with E-state index in [1.807, 2.05) is 0 Å². The predicted molar refractivity (Wildman–Crippen MR) is 132 cm³/mol. The maximum absolute atomic E-state index is 13.0. The molecule has 0 unspecified atom stereocenters. The van der Waals surface area contributed by atoms with Gasteiger partial charge in [-0.05, 0) is 75.9 Å². The monoisotopic (exact) mass is 448 g/mol. The summed E-state index contributed by atoms with van der Waals surface area (Å²) in [6, 6.07) is 9.83. The summed E-state index contributed by atoms with van der Waals surface area (Å²) in [5.74, 6) is 0.117. The Morgan fingerprint density at radius 3 is 2.27 bits per heavy atom. The van der Waals surface area contributed by atoms with Gasteiger partial charge in [0, 0.05) is 12.5 Å². The van der Waals surface area contributed by atoms with Crippen LogP contribution >= 0.6 is 0 Å². The van der Waals surface area contributed by atoms with Gasteiger partial charge in [-0.1, -0.05) is 41.5 Å². The Morgan fingerprint density at radius 2 is 1.67 bits per heavy atom. The molecule has 5 nitrogen and oxygen atoms in total. The largest absolute Gasteiger partial charge is 0.508 e. The van der Waals surface area contributed by atoms with Crippen molar-refractivity contribution in [3.8, 4) is 17.2 Å². The van der Waals surface area contributed by atoms with Crippen LogP contribution in [-0.2, 0) is 11.2 Å². The number of hydrogen-bond acceptors (Lipinski definition) is 5. The highest BCUT2D eigenvalue weighted by atomic mass is 16.5. The summed E-state index contributed by atoms with van der Waals surface area (Å²) in [5.41, 5.74) is 4.18. The summed E-state index contributed by atoms with van der Waals surface area (Å²) in [4.78, 5) is 24.8. The third kappa shape index (κ3) is 8.11. The minimum atomic E-state index is -0.509. The lowest BCUT2D eigenvalue weighted by atomic mass is 9.99. The van der Waals surface area contributed by atoms with E-state index in [9.17, 15) is 14.7 Å². The second kappa shape index (κ2) is 12.4. The summed E-state index contributed by atoms with van der Waals surface area (Å²) in [6.45, 7) is 7.53. The Bertz CT molecular complexity index is 1070. The molecule has 5 heteroatoms. The lowest BCUT2D eigenvalue weighted by Crippen LogP contribution is -2.10. The molecule has 1 N–H and O–H groups in total. The van der Waals surface area contributed by atoms with E-state index in [2.05, 4.69) is 32.9 Å². The lowest BCUT2D eigenvalue weighted by molar-refractivity contribution is -0.131. The van der Waals surface area contributed by atoms with E-state index in [0.717, 1.165) is 18.4 Å². The second-order valence-corrected chi connectivity index (χ2v) is 8.08. The molecule has 33 heavy (non-hydrogen) atoms. The van der Waals surface area contributed by atoms with E-state index in [1.165, 1.54) is 24.1 Å². The van der Waals surface area contributed by atoms with Crippen LogP contribution in [0.5, 0.6) is 17.2 Å². The molecule has 0 spiro atoms. The molecule has 0 bridgehead atoms. The molecule has 0 aromatic heterocycles. The highest BCUT2D eigenvalue weighted by Gasteiger charge is 2.20. The van der Waals surface area contributed by atoms with Gasteiger partial charge in [-0.15, -0.1) is 0 Å². The fourth-order valence-electron chi connectivity index (χ4n) is 3.26. The molecule has 0 saturated carbocycles. The Balaban J connectivity index is 2.38. The van der Waals surface area contributed by atoms with Crippen molar-refractivity contribution in [2.24, 2.45) is 0 Å². The van der Waals surface area contributed by atoms with Crippen molar-refractivity contribution in [3.05, 3.63) is 82.5 Å². The third-order valence-corrected chi connectivity index (χ3v) is 5.01. The number of hydrogen-bond donors (Lipinski definition) is 1. The van der Waals surface area contributed by atoms with Crippen LogP contribution in [0.1, 0.15) is 62.0 Å². The van der Waals surface area contributed by atoms with Crippen LogP contribution in [-0.4, -0.2) is 24.0 Å². The first-order valence-corrected chi connectivity index (χ1v) is 10.9. The molecular formula is C28H32O5. The van der Waals surface area contributed by atoms with Crippen LogP contribution in [0.2, 0.25) is 0 Å². The zero-order valence-electron chi connectivity index (χ0n) is 20.0. The summed E-state index contributed by atoms with van der Waals surface area (Å²) >= 11 is 0. The molecule has 0 amide bonds. The lowest BCUT2D eigenvalue weighted by Gasteiger charge is -2.15. The maximum Gasteiger partial charge on any atom is 0.308 e. The highest BCUT2D eigenvalue weighted by Crippen LogP contribution is 2.34. The number of rotatable bonds is 10. The minimum absolute atomic E-state index is 0.152. The minimum Gasteiger partial charge on any atom is -0.508 e. The van der Waals surface area contributed by atoms with Crippen LogP contribution in [0, 0.1) is 0 Å². The van der Waals surface area contributed by atoms with E-state index in [4.69, 9.17) is 9.47 Å². The van der Waals surface area contributed by atoms with Crippen LogP contribution < -0.4 is 9.47 Å². The number of carbonyl (C=O) groups excluding carboxylic acids is 2. The van der Waals surface area contributed by atoms with Gasteiger partial charge in [-0.2, -0.15) is 0 Å². The number of methoxy groups -OCH3 is 1. The summed E-state index contributed by atoms with van der Waals surface area (Å²) in [5, 5.41) is 9.41. The van der Waals surface area contributed by atoms with Gasteiger partial charge in [0.05, 0.1) is 12.7 Å². The molecule has 2 aromatic carbocycles. The smallest absolute Gasteiger partial charge is 0.308 e. The number of ether oxygens (including phenoxy) is 2. The predicted octanol–water partition coefficient (Wildman–Crippen LogP) is 6.46. The molecule has 174 valence electrons. The molecular weight excluding hydrogens is 416 g/mol. The van der Waals surface area contributed by atoms with Crippen molar-refractivity contribution >= 4 is 17.8 Å².